The highest BCUT2D eigenvalue weighted by Gasteiger charge is 2.15. The molecule has 3 aromatic carbocycles. The zero-order chi connectivity index (χ0) is 19.7. The van der Waals surface area contributed by atoms with Crippen LogP contribution in [0.15, 0.2) is 77.7 Å². The third kappa shape index (κ3) is 3.64. The number of benzene rings is 3. The second-order valence-electron chi connectivity index (χ2n) is 6.85. The molecule has 5 nitrogen and oxygen atoms in total. The second kappa shape index (κ2) is 7.13. The number of aromatic nitrogens is 2. The molecule has 0 aliphatic heterocycles. The summed E-state index contributed by atoms with van der Waals surface area (Å²) in [5.74, 6) is 0.886. The van der Waals surface area contributed by atoms with Crippen molar-refractivity contribution in [1.29, 1.82) is 0 Å². The highest BCUT2D eigenvalue weighted by atomic mass is 32.2. The molecule has 4 aromatic rings. The molecule has 1 N–H and O–H groups in total. The van der Waals surface area contributed by atoms with E-state index in [0.29, 0.717) is 5.69 Å². The molecular formula is C22H21N3O2S. The lowest BCUT2D eigenvalue weighted by atomic mass is 10.2. The van der Waals surface area contributed by atoms with Gasteiger partial charge >= 0.3 is 0 Å². The van der Waals surface area contributed by atoms with Crippen LogP contribution in [0.4, 0.5) is 5.69 Å². The molecular weight excluding hydrogens is 370 g/mol. The Labute approximate surface area is 164 Å². The van der Waals surface area contributed by atoms with Gasteiger partial charge in [-0.15, -0.1) is 0 Å². The molecule has 0 saturated carbocycles. The summed E-state index contributed by atoms with van der Waals surface area (Å²) in [5.41, 5.74) is 4.43. The first kappa shape index (κ1) is 18.3. The number of hydrogen-bond acceptors (Lipinski definition) is 3. The van der Waals surface area contributed by atoms with Crippen molar-refractivity contribution in [3.63, 3.8) is 0 Å². The number of nitrogens with one attached hydrogen (secondary N) is 1. The summed E-state index contributed by atoms with van der Waals surface area (Å²) in [6.45, 7) is 4.60. The van der Waals surface area contributed by atoms with Crippen molar-refractivity contribution in [2.24, 2.45) is 0 Å². The van der Waals surface area contributed by atoms with E-state index in [-0.39, 0.29) is 4.90 Å². The number of fused-ring (bicyclic) bond motifs is 1. The van der Waals surface area contributed by atoms with Crippen LogP contribution in [0.25, 0.3) is 11.0 Å². The quantitative estimate of drug-likeness (QED) is 0.545. The van der Waals surface area contributed by atoms with E-state index in [2.05, 4.69) is 26.4 Å². The van der Waals surface area contributed by atoms with Gasteiger partial charge in [0.25, 0.3) is 10.0 Å². The predicted molar refractivity (Wildman–Crippen MR) is 112 cm³/mol. The Bertz CT molecular complexity index is 1230. The van der Waals surface area contributed by atoms with E-state index in [1.165, 1.54) is 5.56 Å². The molecule has 0 unspecified atom stereocenters. The van der Waals surface area contributed by atoms with Crippen molar-refractivity contribution < 1.29 is 8.42 Å². The minimum atomic E-state index is -3.64. The molecule has 0 atom stereocenters. The molecule has 1 aromatic heterocycles. The monoisotopic (exact) mass is 391 g/mol. The van der Waals surface area contributed by atoms with E-state index < -0.39 is 10.0 Å². The molecule has 0 amide bonds. The fourth-order valence-electron chi connectivity index (χ4n) is 3.21. The van der Waals surface area contributed by atoms with Crippen LogP contribution in [0.1, 0.15) is 17.0 Å². The fraction of sp³-hybridized carbons (Fsp3) is 0.136. The summed E-state index contributed by atoms with van der Waals surface area (Å²) >= 11 is 0. The number of hydrogen-bond donors (Lipinski definition) is 1. The first-order valence-electron chi connectivity index (χ1n) is 9.03. The smallest absolute Gasteiger partial charge is 0.261 e. The normalized spacial score (nSPS) is 11.6. The van der Waals surface area contributed by atoms with Gasteiger partial charge in [0.15, 0.2) is 0 Å². The van der Waals surface area contributed by atoms with Gasteiger partial charge in [0.05, 0.1) is 21.6 Å². The summed E-state index contributed by atoms with van der Waals surface area (Å²) in [6, 6.07) is 22.4. The summed E-state index contributed by atoms with van der Waals surface area (Å²) in [4.78, 5) is 4.85. The maximum Gasteiger partial charge on any atom is 0.261 e. The Morgan fingerprint density at radius 2 is 1.64 bits per heavy atom. The van der Waals surface area contributed by atoms with Gasteiger partial charge < -0.3 is 4.57 Å². The van der Waals surface area contributed by atoms with Crippen molar-refractivity contribution >= 4 is 26.7 Å². The summed E-state index contributed by atoms with van der Waals surface area (Å²) in [5, 5.41) is 0. The Kier molecular flexibility index (Phi) is 4.65. The number of imidazole rings is 1. The highest BCUT2D eigenvalue weighted by molar-refractivity contribution is 7.92. The zero-order valence-corrected chi connectivity index (χ0v) is 16.6. The maximum absolute atomic E-state index is 12.6. The summed E-state index contributed by atoms with van der Waals surface area (Å²) < 4.78 is 30.0. The lowest BCUT2D eigenvalue weighted by Crippen LogP contribution is -2.12. The van der Waals surface area contributed by atoms with E-state index in [9.17, 15) is 8.42 Å². The lowest BCUT2D eigenvalue weighted by Gasteiger charge is -2.09. The minimum absolute atomic E-state index is 0.240. The van der Waals surface area contributed by atoms with Crippen molar-refractivity contribution in [3.05, 3.63) is 89.7 Å². The molecule has 0 saturated heterocycles. The van der Waals surface area contributed by atoms with Crippen LogP contribution in [0, 0.1) is 13.8 Å². The number of sulfonamides is 1. The Morgan fingerprint density at radius 1 is 0.929 bits per heavy atom. The van der Waals surface area contributed by atoms with Crippen LogP contribution in [0.2, 0.25) is 0 Å². The van der Waals surface area contributed by atoms with Crippen molar-refractivity contribution in [1.82, 2.24) is 9.55 Å². The summed E-state index contributed by atoms with van der Waals surface area (Å²) in [6.07, 6.45) is 0. The molecule has 28 heavy (non-hydrogen) atoms. The van der Waals surface area contributed by atoms with Gasteiger partial charge in [0, 0.05) is 6.54 Å². The van der Waals surface area contributed by atoms with Gasteiger partial charge in [-0.3, -0.25) is 4.72 Å². The Morgan fingerprint density at radius 3 is 2.36 bits per heavy atom. The van der Waals surface area contributed by atoms with Crippen LogP contribution in [-0.4, -0.2) is 18.0 Å². The number of nitrogens with zero attached hydrogens (tertiary/aromatic N) is 2. The van der Waals surface area contributed by atoms with Gasteiger partial charge in [-0.1, -0.05) is 48.0 Å². The molecule has 0 radical (unpaired) electrons. The van der Waals surface area contributed by atoms with Crippen LogP contribution in [-0.2, 0) is 16.6 Å². The van der Waals surface area contributed by atoms with Gasteiger partial charge in [-0.05, 0) is 49.7 Å². The van der Waals surface area contributed by atoms with Crippen LogP contribution in [0.3, 0.4) is 0 Å². The average Bonchev–Trinajstić information content (AvgIpc) is 2.97. The maximum atomic E-state index is 12.6. The molecule has 6 heteroatoms. The second-order valence-corrected chi connectivity index (χ2v) is 8.54. The van der Waals surface area contributed by atoms with Gasteiger partial charge in [-0.2, -0.15) is 0 Å². The van der Waals surface area contributed by atoms with E-state index in [1.807, 2.05) is 38.1 Å². The van der Waals surface area contributed by atoms with E-state index in [4.69, 9.17) is 0 Å². The van der Waals surface area contributed by atoms with Crippen LogP contribution < -0.4 is 4.72 Å². The van der Waals surface area contributed by atoms with Crippen LogP contribution in [0.5, 0.6) is 0 Å². The summed E-state index contributed by atoms with van der Waals surface area (Å²) in [7, 11) is -3.64. The SMILES string of the molecule is Cc1ccc(S(=O)(=O)Nc2ccc3c(c2)nc(C)n3Cc2ccccc2)cc1. The number of rotatable bonds is 5. The van der Waals surface area contributed by atoms with Gasteiger partial charge in [0.1, 0.15) is 5.82 Å². The molecule has 0 aliphatic carbocycles. The Hall–Kier alpha value is -3.12. The van der Waals surface area contributed by atoms with Gasteiger partial charge in [0.2, 0.25) is 0 Å². The molecule has 142 valence electrons. The zero-order valence-electron chi connectivity index (χ0n) is 15.8. The first-order valence-corrected chi connectivity index (χ1v) is 10.5. The predicted octanol–water partition coefficient (Wildman–Crippen LogP) is 4.50. The molecule has 4 rings (SSSR count). The lowest BCUT2D eigenvalue weighted by molar-refractivity contribution is 0.601. The minimum Gasteiger partial charge on any atom is -0.324 e. The average molecular weight is 391 g/mol. The third-order valence-electron chi connectivity index (χ3n) is 4.71. The Balaban J connectivity index is 1.64. The molecule has 0 aliphatic rings. The fourth-order valence-corrected chi connectivity index (χ4v) is 4.26. The van der Waals surface area contributed by atoms with Crippen LogP contribution >= 0.6 is 0 Å². The molecule has 0 fully saturated rings. The number of aryl methyl sites for hydroxylation is 2. The standard InChI is InChI=1S/C22H21N3O2S/c1-16-8-11-20(12-9-16)28(26,27)24-19-10-13-22-21(14-19)23-17(2)25(22)15-18-6-4-3-5-7-18/h3-14,24H,15H2,1-2H3. The largest absolute Gasteiger partial charge is 0.324 e. The third-order valence-corrected chi connectivity index (χ3v) is 6.10. The molecule has 0 bridgehead atoms. The number of anilines is 1. The van der Waals surface area contributed by atoms with E-state index in [1.54, 1.807) is 36.4 Å². The van der Waals surface area contributed by atoms with Crippen molar-refractivity contribution in [2.45, 2.75) is 25.3 Å². The van der Waals surface area contributed by atoms with E-state index in [0.717, 1.165) is 29.0 Å². The highest BCUT2D eigenvalue weighted by Crippen LogP contribution is 2.23. The molecule has 0 spiro atoms. The first-order chi connectivity index (χ1) is 13.4. The molecule has 1 heterocycles. The van der Waals surface area contributed by atoms with E-state index >= 15 is 0 Å². The van der Waals surface area contributed by atoms with Gasteiger partial charge in [-0.25, -0.2) is 13.4 Å². The van der Waals surface area contributed by atoms with Crippen molar-refractivity contribution in [2.75, 3.05) is 4.72 Å². The topological polar surface area (TPSA) is 64.0 Å². The van der Waals surface area contributed by atoms with Crippen molar-refractivity contribution in [3.8, 4) is 0 Å².